The number of hydrogen-bond donors (Lipinski definition) is 2. The zero-order valence-corrected chi connectivity index (χ0v) is 19.7. The summed E-state index contributed by atoms with van der Waals surface area (Å²) in [5.74, 6) is 0.594. The monoisotopic (exact) mass is 382 g/mol. The molecule has 0 aliphatic rings. The second kappa shape index (κ2) is 7.08. The van der Waals surface area contributed by atoms with Crippen molar-refractivity contribution < 1.29 is 14.3 Å². The quantitative estimate of drug-likeness (QED) is 0.577. The van der Waals surface area contributed by atoms with Gasteiger partial charge in [-0.1, -0.05) is 83.1 Å². The lowest BCUT2D eigenvalue weighted by molar-refractivity contribution is 0.365. The molecule has 0 atom stereocenters. The van der Waals surface area contributed by atoms with E-state index in [2.05, 4.69) is 83.1 Å². The van der Waals surface area contributed by atoms with Crippen molar-refractivity contribution in [3.05, 3.63) is 28.3 Å². The largest absolute Gasteiger partial charge is 0.427 e. The molecule has 0 saturated carbocycles. The van der Waals surface area contributed by atoms with Gasteiger partial charge in [-0.05, 0) is 44.4 Å². The van der Waals surface area contributed by atoms with Crippen molar-refractivity contribution in [3.8, 4) is 5.75 Å². The summed E-state index contributed by atoms with van der Waals surface area (Å²) in [5, 5.41) is 0. The van der Waals surface area contributed by atoms with Crippen LogP contribution in [0.5, 0.6) is 5.75 Å². The van der Waals surface area contributed by atoms with Gasteiger partial charge in [-0.3, -0.25) is 0 Å². The third-order valence-corrected chi connectivity index (χ3v) is 4.89. The van der Waals surface area contributed by atoms with Crippen molar-refractivity contribution in [1.82, 2.24) is 0 Å². The molecule has 0 unspecified atom stereocenters. The highest BCUT2D eigenvalue weighted by molar-refractivity contribution is 7.39. The van der Waals surface area contributed by atoms with Crippen LogP contribution in [0.25, 0.3) is 0 Å². The van der Waals surface area contributed by atoms with Crippen LogP contribution >= 0.6 is 8.60 Å². The molecule has 1 aromatic carbocycles. The van der Waals surface area contributed by atoms with Crippen LogP contribution in [0.1, 0.15) is 105 Å². The van der Waals surface area contributed by atoms with E-state index in [4.69, 9.17) is 4.52 Å². The maximum atomic E-state index is 9.61. The minimum Gasteiger partial charge on any atom is -0.427 e. The van der Waals surface area contributed by atoms with E-state index in [1.807, 2.05) is 6.07 Å². The molecule has 4 heteroatoms. The van der Waals surface area contributed by atoms with E-state index in [0.29, 0.717) is 5.75 Å². The van der Waals surface area contributed by atoms with Gasteiger partial charge in [0.2, 0.25) is 0 Å². The molecule has 0 heterocycles. The van der Waals surface area contributed by atoms with E-state index in [0.717, 1.165) is 5.56 Å². The fourth-order valence-corrected chi connectivity index (χ4v) is 4.00. The molecule has 0 aliphatic heterocycles. The Labute approximate surface area is 162 Å². The Hall–Kier alpha value is -0.630. The Balaban J connectivity index is 4.25. The SMILES string of the molecule is CC(C)(C)c1cc(OP(O)O)c(C(C)(C)C)c(C(C)(C)C)c1C(C)(C)C. The van der Waals surface area contributed by atoms with Crippen molar-refractivity contribution in [2.24, 2.45) is 0 Å². The Morgan fingerprint density at radius 1 is 0.615 bits per heavy atom. The first kappa shape index (κ1) is 23.4. The van der Waals surface area contributed by atoms with E-state index >= 15 is 0 Å². The van der Waals surface area contributed by atoms with Crippen LogP contribution in [0.2, 0.25) is 0 Å². The van der Waals surface area contributed by atoms with Gasteiger partial charge < -0.3 is 14.3 Å². The van der Waals surface area contributed by atoms with Crippen molar-refractivity contribution in [2.45, 2.75) is 105 Å². The highest BCUT2D eigenvalue weighted by Crippen LogP contribution is 2.50. The van der Waals surface area contributed by atoms with E-state index in [-0.39, 0.29) is 21.7 Å². The van der Waals surface area contributed by atoms with E-state index in [9.17, 15) is 9.79 Å². The van der Waals surface area contributed by atoms with Crippen LogP contribution in [0, 0.1) is 0 Å². The molecule has 2 N–H and O–H groups in total. The molecule has 0 aliphatic carbocycles. The fourth-order valence-electron chi connectivity index (χ4n) is 3.68. The standard InChI is InChI=1S/C22H39O3P/c1-19(2,3)14-13-15(25-26(23)24)17(21(7,8)9)18(22(10,11)12)16(14)20(4,5)6/h13,23-24H,1-12H3. The molecule has 0 fully saturated rings. The zero-order valence-electron chi connectivity index (χ0n) is 18.8. The lowest BCUT2D eigenvalue weighted by Gasteiger charge is -2.41. The highest BCUT2D eigenvalue weighted by atomic mass is 31.2. The summed E-state index contributed by atoms with van der Waals surface area (Å²) in [4.78, 5) is 19.2. The molecular weight excluding hydrogens is 343 g/mol. The summed E-state index contributed by atoms with van der Waals surface area (Å²) in [6.45, 7) is 26.5. The van der Waals surface area contributed by atoms with Crippen LogP contribution in [0.3, 0.4) is 0 Å². The Kier molecular flexibility index (Phi) is 6.37. The van der Waals surface area contributed by atoms with Crippen LogP contribution in [0.4, 0.5) is 0 Å². The third-order valence-electron chi connectivity index (χ3n) is 4.53. The third kappa shape index (κ3) is 5.21. The normalized spacial score (nSPS) is 14.1. The zero-order chi connectivity index (χ0) is 20.9. The molecule has 0 radical (unpaired) electrons. The summed E-state index contributed by atoms with van der Waals surface area (Å²) >= 11 is 0. The second-order valence-corrected chi connectivity index (χ2v) is 12.1. The minimum atomic E-state index is -2.47. The first-order valence-electron chi connectivity index (χ1n) is 9.36. The van der Waals surface area contributed by atoms with Crippen LogP contribution in [-0.2, 0) is 21.7 Å². The molecule has 0 spiro atoms. The van der Waals surface area contributed by atoms with Gasteiger partial charge in [0.15, 0.2) is 0 Å². The van der Waals surface area contributed by atoms with Gasteiger partial charge in [-0.15, -0.1) is 0 Å². The molecule has 26 heavy (non-hydrogen) atoms. The second-order valence-electron chi connectivity index (χ2n) is 11.4. The lowest BCUT2D eigenvalue weighted by Crippen LogP contribution is -2.32. The van der Waals surface area contributed by atoms with E-state index < -0.39 is 8.60 Å². The van der Waals surface area contributed by atoms with Crippen LogP contribution in [0.15, 0.2) is 6.07 Å². The lowest BCUT2D eigenvalue weighted by atomic mass is 9.64. The molecule has 150 valence electrons. The van der Waals surface area contributed by atoms with Crippen LogP contribution < -0.4 is 4.52 Å². The smallest absolute Gasteiger partial charge is 0.391 e. The first-order valence-corrected chi connectivity index (χ1v) is 10.5. The van der Waals surface area contributed by atoms with Crippen LogP contribution in [-0.4, -0.2) is 9.79 Å². The predicted molar refractivity (Wildman–Crippen MR) is 113 cm³/mol. The summed E-state index contributed by atoms with van der Waals surface area (Å²) in [6.07, 6.45) is 0. The number of rotatable bonds is 2. The first-order chi connectivity index (χ1) is 11.3. The summed E-state index contributed by atoms with van der Waals surface area (Å²) < 4.78 is 5.59. The molecule has 0 aromatic heterocycles. The fraction of sp³-hybridized carbons (Fsp3) is 0.727. The van der Waals surface area contributed by atoms with Gasteiger partial charge in [0, 0.05) is 5.56 Å². The van der Waals surface area contributed by atoms with Crippen molar-refractivity contribution in [3.63, 3.8) is 0 Å². The summed E-state index contributed by atoms with van der Waals surface area (Å²) in [7, 11) is -2.47. The Bertz CT molecular complexity index is 648. The topological polar surface area (TPSA) is 49.7 Å². The maximum Gasteiger partial charge on any atom is 0.391 e. The van der Waals surface area contributed by atoms with Gasteiger partial charge in [0.1, 0.15) is 5.75 Å². The average Bonchev–Trinajstić information content (AvgIpc) is 2.31. The predicted octanol–water partition coefficient (Wildman–Crippen LogP) is 6.47. The summed E-state index contributed by atoms with van der Waals surface area (Å²) in [6, 6.07) is 2.04. The van der Waals surface area contributed by atoms with Crippen molar-refractivity contribution >= 4 is 8.60 Å². The molecule has 1 aromatic rings. The number of benzene rings is 1. The Morgan fingerprint density at radius 3 is 1.27 bits per heavy atom. The number of hydrogen-bond acceptors (Lipinski definition) is 3. The van der Waals surface area contributed by atoms with Crippen molar-refractivity contribution in [1.29, 1.82) is 0 Å². The summed E-state index contributed by atoms with van der Waals surface area (Å²) in [5.41, 5.74) is 4.43. The maximum absolute atomic E-state index is 9.61. The van der Waals surface area contributed by atoms with Gasteiger partial charge in [0.25, 0.3) is 0 Å². The van der Waals surface area contributed by atoms with E-state index in [1.165, 1.54) is 16.7 Å². The Morgan fingerprint density at radius 2 is 1.00 bits per heavy atom. The van der Waals surface area contributed by atoms with Gasteiger partial charge in [-0.25, -0.2) is 0 Å². The van der Waals surface area contributed by atoms with Gasteiger partial charge in [-0.2, -0.15) is 0 Å². The van der Waals surface area contributed by atoms with Gasteiger partial charge in [0.05, 0.1) is 0 Å². The molecule has 0 saturated heterocycles. The van der Waals surface area contributed by atoms with Crippen molar-refractivity contribution in [2.75, 3.05) is 0 Å². The average molecular weight is 383 g/mol. The molecular formula is C22H39O3P. The van der Waals surface area contributed by atoms with E-state index in [1.54, 1.807) is 0 Å². The molecule has 0 bridgehead atoms. The molecule has 3 nitrogen and oxygen atoms in total. The minimum absolute atomic E-state index is 0.0487. The molecule has 1 rings (SSSR count). The highest BCUT2D eigenvalue weighted by Gasteiger charge is 2.38. The van der Waals surface area contributed by atoms with Gasteiger partial charge >= 0.3 is 8.60 Å². The molecule has 0 amide bonds.